The predicted octanol–water partition coefficient (Wildman–Crippen LogP) is 5.49. The molecule has 0 saturated heterocycles. The summed E-state index contributed by atoms with van der Waals surface area (Å²) in [6.45, 7) is 12.1. The van der Waals surface area contributed by atoms with Gasteiger partial charge in [-0.25, -0.2) is 4.79 Å². The van der Waals surface area contributed by atoms with Gasteiger partial charge in [-0.05, 0) is 59.6 Å². The van der Waals surface area contributed by atoms with Crippen LogP contribution < -0.4 is 19.8 Å². The van der Waals surface area contributed by atoms with Crippen molar-refractivity contribution in [1.82, 2.24) is 0 Å². The molecule has 0 aliphatic rings. The van der Waals surface area contributed by atoms with Crippen molar-refractivity contribution in [3.05, 3.63) is 40.8 Å². The lowest BCUT2D eigenvalue weighted by Gasteiger charge is -2.21. The monoisotopic (exact) mass is 374 g/mol. The quantitative estimate of drug-likeness (QED) is 0.347. The highest BCUT2D eigenvalue weighted by molar-refractivity contribution is 5.86. The van der Waals surface area contributed by atoms with E-state index in [1.807, 2.05) is 46.8 Å². The van der Waals surface area contributed by atoms with Gasteiger partial charge in [0, 0.05) is 6.07 Å². The molecule has 5 nitrogen and oxygen atoms in total. The summed E-state index contributed by atoms with van der Waals surface area (Å²) in [5.41, 5.74) is -0.486. The minimum atomic E-state index is -0.553. The number of ether oxygens (including phenoxy) is 3. The van der Waals surface area contributed by atoms with Gasteiger partial charge in [0.2, 0.25) is 5.75 Å². The van der Waals surface area contributed by atoms with Crippen molar-refractivity contribution < 1.29 is 18.6 Å². The van der Waals surface area contributed by atoms with Crippen LogP contribution in [-0.4, -0.2) is 18.3 Å². The SMILES string of the molecule is CCC=CCCOc1c(OC(C)C)c(=O)oc2cc(OC(C)(C)C)ccc12. The lowest BCUT2D eigenvalue weighted by atomic mass is 10.1. The number of allylic oxidation sites excluding steroid dienone is 1. The second kappa shape index (κ2) is 8.98. The molecule has 0 radical (unpaired) electrons. The van der Waals surface area contributed by atoms with Gasteiger partial charge in [-0.15, -0.1) is 0 Å². The molecule has 1 aromatic heterocycles. The fraction of sp³-hybridized carbons (Fsp3) is 0.500. The summed E-state index contributed by atoms with van der Waals surface area (Å²) in [6.07, 6.45) is 5.71. The Morgan fingerprint density at radius 3 is 2.52 bits per heavy atom. The third-order valence-electron chi connectivity index (χ3n) is 3.50. The molecule has 0 amide bonds. The average Bonchev–Trinajstić information content (AvgIpc) is 2.55. The summed E-state index contributed by atoms with van der Waals surface area (Å²) in [6, 6.07) is 5.39. The Hall–Kier alpha value is -2.43. The molecule has 5 heteroatoms. The van der Waals surface area contributed by atoms with Crippen molar-refractivity contribution in [1.29, 1.82) is 0 Å². The van der Waals surface area contributed by atoms with Crippen molar-refractivity contribution >= 4 is 11.0 Å². The molecule has 0 unspecified atom stereocenters. The molecule has 2 rings (SSSR count). The Labute approximate surface area is 160 Å². The minimum absolute atomic E-state index is 0.112. The predicted molar refractivity (Wildman–Crippen MR) is 108 cm³/mol. The van der Waals surface area contributed by atoms with Crippen molar-refractivity contribution in [3.8, 4) is 17.2 Å². The number of hydrogen-bond acceptors (Lipinski definition) is 5. The van der Waals surface area contributed by atoms with Crippen LogP contribution in [0.15, 0.2) is 39.6 Å². The molecule has 0 fully saturated rings. The van der Waals surface area contributed by atoms with Gasteiger partial charge < -0.3 is 18.6 Å². The zero-order valence-corrected chi connectivity index (χ0v) is 17.1. The zero-order valence-electron chi connectivity index (χ0n) is 17.1. The van der Waals surface area contributed by atoms with Crippen LogP contribution in [0.4, 0.5) is 0 Å². The van der Waals surface area contributed by atoms with E-state index in [0.29, 0.717) is 29.1 Å². The highest BCUT2D eigenvalue weighted by Crippen LogP contribution is 2.35. The Morgan fingerprint density at radius 2 is 1.89 bits per heavy atom. The molecule has 148 valence electrons. The lowest BCUT2D eigenvalue weighted by Crippen LogP contribution is -2.22. The van der Waals surface area contributed by atoms with E-state index >= 15 is 0 Å². The number of benzene rings is 1. The smallest absolute Gasteiger partial charge is 0.383 e. The summed E-state index contributed by atoms with van der Waals surface area (Å²) < 4.78 is 23.0. The van der Waals surface area contributed by atoms with Crippen LogP contribution in [0.3, 0.4) is 0 Å². The van der Waals surface area contributed by atoms with E-state index in [1.54, 1.807) is 6.07 Å². The van der Waals surface area contributed by atoms with Crippen molar-refractivity contribution in [2.24, 2.45) is 0 Å². The van der Waals surface area contributed by atoms with Crippen molar-refractivity contribution in [2.45, 2.75) is 66.1 Å². The molecular formula is C22H30O5. The van der Waals surface area contributed by atoms with Gasteiger partial charge in [-0.1, -0.05) is 19.1 Å². The number of rotatable bonds is 8. The largest absolute Gasteiger partial charge is 0.488 e. The zero-order chi connectivity index (χ0) is 20.0. The van der Waals surface area contributed by atoms with Crippen molar-refractivity contribution in [2.75, 3.05) is 6.61 Å². The van der Waals surface area contributed by atoms with Gasteiger partial charge in [0.05, 0.1) is 18.1 Å². The molecule has 0 aliphatic carbocycles. The molecule has 27 heavy (non-hydrogen) atoms. The van der Waals surface area contributed by atoms with E-state index in [4.69, 9.17) is 18.6 Å². The van der Waals surface area contributed by atoms with E-state index in [-0.39, 0.29) is 17.5 Å². The maximum Gasteiger partial charge on any atom is 0.383 e. The molecule has 0 bridgehead atoms. The molecule has 1 aromatic carbocycles. The summed E-state index contributed by atoms with van der Waals surface area (Å²) in [5.74, 6) is 1.16. The Morgan fingerprint density at radius 1 is 1.15 bits per heavy atom. The summed E-state index contributed by atoms with van der Waals surface area (Å²) in [5, 5.41) is 0.686. The lowest BCUT2D eigenvalue weighted by molar-refractivity contribution is 0.131. The number of fused-ring (bicyclic) bond motifs is 1. The van der Waals surface area contributed by atoms with Crippen LogP contribution in [0.2, 0.25) is 0 Å². The first-order chi connectivity index (χ1) is 12.7. The van der Waals surface area contributed by atoms with Crippen LogP contribution >= 0.6 is 0 Å². The third kappa shape index (κ3) is 6.05. The van der Waals surface area contributed by atoms with E-state index in [2.05, 4.69) is 19.1 Å². The van der Waals surface area contributed by atoms with Crippen LogP contribution in [0.25, 0.3) is 11.0 Å². The van der Waals surface area contributed by atoms with Gasteiger partial charge in [-0.2, -0.15) is 0 Å². The van der Waals surface area contributed by atoms with Crippen LogP contribution in [0.1, 0.15) is 54.4 Å². The first kappa shape index (κ1) is 20.9. The topological polar surface area (TPSA) is 57.9 Å². The molecular weight excluding hydrogens is 344 g/mol. The first-order valence-corrected chi connectivity index (χ1v) is 9.45. The Balaban J connectivity index is 2.45. The van der Waals surface area contributed by atoms with Crippen LogP contribution in [-0.2, 0) is 0 Å². The third-order valence-corrected chi connectivity index (χ3v) is 3.50. The molecule has 2 aromatic rings. The first-order valence-electron chi connectivity index (χ1n) is 9.45. The van der Waals surface area contributed by atoms with Gasteiger partial charge in [-0.3, -0.25) is 0 Å². The minimum Gasteiger partial charge on any atom is -0.488 e. The van der Waals surface area contributed by atoms with E-state index in [0.717, 1.165) is 12.8 Å². The van der Waals surface area contributed by atoms with Crippen LogP contribution in [0, 0.1) is 0 Å². The standard InChI is InChI=1S/C22H30O5/c1-7-8-9-10-13-24-19-17-12-11-16(27-22(4,5)6)14-18(17)26-21(23)20(19)25-15(2)3/h8-9,11-12,14-15H,7,10,13H2,1-6H3. The molecule has 0 atom stereocenters. The highest BCUT2D eigenvalue weighted by Gasteiger charge is 2.20. The summed E-state index contributed by atoms with van der Waals surface area (Å²) in [7, 11) is 0. The van der Waals surface area contributed by atoms with Gasteiger partial charge in [0.15, 0.2) is 5.75 Å². The van der Waals surface area contributed by atoms with E-state index in [1.165, 1.54) is 0 Å². The van der Waals surface area contributed by atoms with E-state index in [9.17, 15) is 4.79 Å². The molecule has 0 N–H and O–H groups in total. The van der Waals surface area contributed by atoms with Gasteiger partial charge in [0.25, 0.3) is 0 Å². The fourth-order valence-corrected chi connectivity index (χ4v) is 2.55. The summed E-state index contributed by atoms with van der Waals surface area (Å²) >= 11 is 0. The second-order valence-electron chi connectivity index (χ2n) is 7.60. The van der Waals surface area contributed by atoms with Gasteiger partial charge >= 0.3 is 5.63 Å². The fourth-order valence-electron chi connectivity index (χ4n) is 2.55. The normalized spacial score (nSPS) is 12.1. The number of hydrogen-bond donors (Lipinski definition) is 0. The molecule has 0 spiro atoms. The molecule has 1 heterocycles. The van der Waals surface area contributed by atoms with Crippen LogP contribution in [0.5, 0.6) is 17.2 Å². The maximum atomic E-state index is 12.5. The average molecular weight is 374 g/mol. The molecule has 0 saturated carbocycles. The second-order valence-corrected chi connectivity index (χ2v) is 7.60. The highest BCUT2D eigenvalue weighted by atomic mass is 16.5. The van der Waals surface area contributed by atoms with Crippen molar-refractivity contribution in [3.63, 3.8) is 0 Å². The Bertz CT molecular complexity index is 840. The maximum absolute atomic E-state index is 12.5. The van der Waals surface area contributed by atoms with E-state index < -0.39 is 5.63 Å². The Kier molecular flexibility index (Phi) is 6.94. The van der Waals surface area contributed by atoms with Gasteiger partial charge in [0.1, 0.15) is 16.9 Å². The summed E-state index contributed by atoms with van der Waals surface area (Å²) in [4.78, 5) is 12.5. The molecule has 0 aliphatic heterocycles.